The van der Waals surface area contributed by atoms with E-state index >= 15 is 0 Å². The van der Waals surface area contributed by atoms with E-state index in [1.807, 2.05) is 32.1 Å². The highest BCUT2D eigenvalue weighted by atomic mass is 32.2. The van der Waals surface area contributed by atoms with Gasteiger partial charge in [0.05, 0.1) is 0 Å². The van der Waals surface area contributed by atoms with E-state index in [2.05, 4.69) is 0 Å². The molecule has 1 nitrogen and oxygen atoms in total. The highest BCUT2D eigenvalue weighted by molar-refractivity contribution is 7.97. The molecule has 0 N–H and O–H groups in total. The molecule has 0 rings (SSSR count). The van der Waals surface area contributed by atoms with Gasteiger partial charge in [-0.3, -0.25) is 0 Å². The lowest BCUT2D eigenvalue weighted by Gasteiger charge is -2.33. The third-order valence-electron chi connectivity index (χ3n) is 3.05. The van der Waals surface area contributed by atoms with Gasteiger partial charge in [0.1, 0.15) is 0 Å². The summed E-state index contributed by atoms with van der Waals surface area (Å²) < 4.78 is 62.8. The zero-order chi connectivity index (χ0) is 14.6. The lowest BCUT2D eigenvalue weighted by molar-refractivity contribution is -0.284. The van der Waals surface area contributed by atoms with E-state index in [1.54, 1.807) is 0 Å². The topological polar surface area (TPSA) is 3.24 Å². The summed E-state index contributed by atoms with van der Waals surface area (Å²) in [5, 5.41) is 0. The van der Waals surface area contributed by atoms with Gasteiger partial charge in [-0.05, 0) is 33.7 Å². The molecule has 7 heteroatoms. The van der Waals surface area contributed by atoms with E-state index < -0.39 is 18.5 Å². The summed E-state index contributed by atoms with van der Waals surface area (Å²) in [6.45, 7) is 5.98. The fourth-order valence-corrected chi connectivity index (χ4v) is 2.06. The molecule has 0 spiro atoms. The fraction of sp³-hybridized carbons (Fsp3) is 1.00. The van der Waals surface area contributed by atoms with Crippen molar-refractivity contribution < 1.29 is 22.0 Å². The first-order valence-electron chi connectivity index (χ1n) is 5.75. The molecule has 0 aliphatic heterocycles. The van der Waals surface area contributed by atoms with Gasteiger partial charge in [0.15, 0.2) is 0 Å². The number of nitrogens with zero attached hydrogens (tertiary/aromatic N) is 1. The Labute approximate surface area is 109 Å². The summed E-state index contributed by atoms with van der Waals surface area (Å²) in [6, 6.07) is 0. The largest absolute Gasteiger partial charge is 0.453 e. The van der Waals surface area contributed by atoms with E-state index in [-0.39, 0.29) is 17.7 Å². The third-order valence-corrected chi connectivity index (χ3v) is 4.41. The maximum absolute atomic E-state index is 12.6. The summed E-state index contributed by atoms with van der Waals surface area (Å²) >= 11 is 1.29. The molecule has 0 heterocycles. The van der Waals surface area contributed by atoms with Gasteiger partial charge in [-0.2, -0.15) is 22.0 Å². The van der Waals surface area contributed by atoms with Crippen LogP contribution in [0.15, 0.2) is 0 Å². The molecule has 0 fully saturated rings. The van der Waals surface area contributed by atoms with Crippen molar-refractivity contribution in [1.82, 2.24) is 4.31 Å². The Morgan fingerprint density at radius 2 is 1.56 bits per heavy atom. The molecule has 0 unspecified atom stereocenters. The predicted octanol–water partition coefficient (Wildman–Crippen LogP) is 4.73. The molecule has 18 heavy (non-hydrogen) atoms. The monoisotopic (exact) mass is 293 g/mol. The van der Waals surface area contributed by atoms with Crippen molar-refractivity contribution in [2.24, 2.45) is 0 Å². The molecule has 0 aromatic heterocycles. The van der Waals surface area contributed by atoms with Gasteiger partial charge in [0, 0.05) is 17.7 Å². The lowest BCUT2D eigenvalue weighted by atomic mass is 10.0. The van der Waals surface area contributed by atoms with Crippen LogP contribution in [-0.4, -0.2) is 34.7 Å². The Hall–Kier alpha value is -0.0400. The Morgan fingerprint density at radius 1 is 1.06 bits per heavy atom. The highest BCUT2D eigenvalue weighted by Gasteiger charge is 2.56. The smallest absolute Gasteiger partial charge is 0.248 e. The molecular formula is C11H20F5NS. The average Bonchev–Trinajstić information content (AvgIpc) is 2.22. The van der Waals surface area contributed by atoms with Crippen LogP contribution in [0.3, 0.4) is 0 Å². The first kappa shape index (κ1) is 18.0. The zero-order valence-corrected chi connectivity index (χ0v) is 11.9. The molecule has 0 aliphatic carbocycles. The molecule has 0 aliphatic rings. The van der Waals surface area contributed by atoms with Crippen LogP contribution in [0, 0.1) is 0 Å². The van der Waals surface area contributed by atoms with Gasteiger partial charge < -0.3 is 0 Å². The van der Waals surface area contributed by atoms with Gasteiger partial charge in [-0.15, -0.1) is 0 Å². The molecule has 0 atom stereocenters. The maximum atomic E-state index is 12.6. The van der Waals surface area contributed by atoms with Crippen LogP contribution in [0.2, 0.25) is 0 Å². The molecule has 0 saturated heterocycles. The molecule has 110 valence electrons. The summed E-state index contributed by atoms with van der Waals surface area (Å²) in [5.74, 6) is -4.32. The maximum Gasteiger partial charge on any atom is 0.453 e. The molecule has 0 saturated carbocycles. The standard InChI is InChI=1S/C11H20F5NS/c1-5-9(2,3)17(4)18-8-6-7-10(12,13)11(14,15)16/h5-8H2,1-4H3. The van der Waals surface area contributed by atoms with E-state index in [0.29, 0.717) is 0 Å². The quantitative estimate of drug-likeness (QED) is 0.379. The van der Waals surface area contributed by atoms with E-state index in [0.717, 1.165) is 6.42 Å². The Morgan fingerprint density at radius 3 is 1.94 bits per heavy atom. The Bertz CT molecular complexity index is 252. The summed E-state index contributed by atoms with van der Waals surface area (Å²) in [6.07, 6.45) is -5.88. The molecule has 0 radical (unpaired) electrons. The second kappa shape index (κ2) is 6.41. The van der Waals surface area contributed by atoms with Crippen molar-refractivity contribution >= 4 is 11.9 Å². The van der Waals surface area contributed by atoms with Gasteiger partial charge in [-0.1, -0.05) is 18.9 Å². The van der Waals surface area contributed by atoms with Crippen molar-refractivity contribution in [2.45, 2.75) is 57.7 Å². The molecular weight excluding hydrogens is 273 g/mol. The zero-order valence-electron chi connectivity index (χ0n) is 11.1. The van der Waals surface area contributed by atoms with E-state index in [1.165, 1.54) is 11.9 Å². The number of halogens is 5. The predicted molar refractivity (Wildman–Crippen MR) is 64.8 cm³/mol. The van der Waals surface area contributed by atoms with Crippen LogP contribution < -0.4 is 0 Å². The molecule has 0 bridgehead atoms. The summed E-state index contributed by atoms with van der Waals surface area (Å²) in [4.78, 5) is 0. The first-order valence-corrected chi connectivity index (χ1v) is 6.69. The van der Waals surface area contributed by atoms with E-state index in [4.69, 9.17) is 0 Å². The third kappa shape index (κ3) is 5.30. The minimum atomic E-state index is -5.44. The van der Waals surface area contributed by atoms with Crippen LogP contribution in [0.1, 0.15) is 40.0 Å². The van der Waals surface area contributed by atoms with Gasteiger partial charge >= 0.3 is 12.1 Å². The van der Waals surface area contributed by atoms with Crippen molar-refractivity contribution in [1.29, 1.82) is 0 Å². The van der Waals surface area contributed by atoms with E-state index in [9.17, 15) is 22.0 Å². The minimum absolute atomic E-state index is 0.1000. The van der Waals surface area contributed by atoms with Crippen LogP contribution >= 0.6 is 11.9 Å². The number of hydrogen-bond acceptors (Lipinski definition) is 2. The number of rotatable bonds is 7. The highest BCUT2D eigenvalue weighted by Crippen LogP contribution is 2.39. The molecule has 0 amide bonds. The van der Waals surface area contributed by atoms with Gasteiger partial charge in [0.25, 0.3) is 0 Å². The van der Waals surface area contributed by atoms with Crippen molar-refractivity contribution in [3.63, 3.8) is 0 Å². The van der Waals surface area contributed by atoms with Crippen molar-refractivity contribution in [3.8, 4) is 0 Å². The molecule has 0 aromatic rings. The number of hydrogen-bond donors (Lipinski definition) is 0. The van der Waals surface area contributed by atoms with Crippen LogP contribution in [0.5, 0.6) is 0 Å². The lowest BCUT2D eigenvalue weighted by Crippen LogP contribution is -2.37. The number of alkyl halides is 5. The normalized spacial score (nSPS) is 14.3. The second-order valence-corrected chi connectivity index (χ2v) is 6.02. The Balaban J connectivity index is 4.02. The van der Waals surface area contributed by atoms with Crippen LogP contribution in [0.4, 0.5) is 22.0 Å². The Kier molecular flexibility index (Phi) is 6.40. The van der Waals surface area contributed by atoms with Crippen LogP contribution in [-0.2, 0) is 0 Å². The summed E-state index contributed by atoms with van der Waals surface area (Å²) in [7, 11) is 1.82. The van der Waals surface area contributed by atoms with Crippen molar-refractivity contribution in [3.05, 3.63) is 0 Å². The van der Waals surface area contributed by atoms with Crippen molar-refractivity contribution in [2.75, 3.05) is 12.8 Å². The van der Waals surface area contributed by atoms with Gasteiger partial charge in [0.2, 0.25) is 0 Å². The second-order valence-electron chi connectivity index (χ2n) is 4.80. The summed E-state index contributed by atoms with van der Waals surface area (Å²) in [5.41, 5.74) is -0.1000. The molecule has 0 aromatic carbocycles. The minimum Gasteiger partial charge on any atom is -0.248 e. The SMILES string of the molecule is CCC(C)(C)N(C)SCCCC(F)(F)C(F)(F)F. The van der Waals surface area contributed by atoms with Crippen LogP contribution in [0.25, 0.3) is 0 Å². The fourth-order valence-electron chi connectivity index (χ4n) is 1.03. The van der Waals surface area contributed by atoms with Gasteiger partial charge in [-0.25, -0.2) is 4.31 Å². The average molecular weight is 293 g/mol. The first-order chi connectivity index (χ1) is 7.94.